The van der Waals surface area contributed by atoms with Gasteiger partial charge in [0.15, 0.2) is 0 Å². The first-order valence-electron chi connectivity index (χ1n) is 6.75. The lowest BCUT2D eigenvalue weighted by atomic mass is 10.2. The zero-order valence-corrected chi connectivity index (χ0v) is 14.2. The van der Waals surface area contributed by atoms with E-state index in [1.165, 1.54) is 0 Å². The fourth-order valence-electron chi connectivity index (χ4n) is 1.96. The Kier molecular flexibility index (Phi) is 5.96. The van der Waals surface area contributed by atoms with Crippen LogP contribution in [-0.2, 0) is 6.54 Å². The Morgan fingerprint density at radius 1 is 1.13 bits per heavy atom. The normalized spacial score (nSPS) is 10.1. The molecule has 0 radical (unpaired) electrons. The van der Waals surface area contributed by atoms with E-state index in [1.54, 1.807) is 50.6 Å². The van der Waals surface area contributed by atoms with Crippen molar-refractivity contribution < 1.29 is 14.3 Å². The van der Waals surface area contributed by atoms with E-state index in [0.717, 1.165) is 5.56 Å². The van der Waals surface area contributed by atoms with Crippen LogP contribution in [0.3, 0.4) is 0 Å². The van der Waals surface area contributed by atoms with Crippen LogP contribution in [0.25, 0.3) is 0 Å². The highest BCUT2D eigenvalue weighted by Gasteiger charge is 2.10. The summed E-state index contributed by atoms with van der Waals surface area (Å²) in [6, 6.07) is 9.98. The summed E-state index contributed by atoms with van der Waals surface area (Å²) < 4.78 is 10.4. The number of hydrogen-bond donors (Lipinski definition) is 2. The van der Waals surface area contributed by atoms with Crippen LogP contribution in [0.4, 0.5) is 10.5 Å². The second-order valence-electron chi connectivity index (χ2n) is 4.59. The number of ether oxygens (including phenoxy) is 2. The Bertz CT molecular complexity index is 708. The number of halogens is 2. The van der Waals surface area contributed by atoms with Gasteiger partial charge in [0.05, 0.1) is 30.0 Å². The van der Waals surface area contributed by atoms with Gasteiger partial charge in [-0.05, 0) is 30.3 Å². The van der Waals surface area contributed by atoms with Gasteiger partial charge in [0.25, 0.3) is 0 Å². The molecule has 0 fully saturated rings. The molecule has 5 nitrogen and oxygen atoms in total. The SMILES string of the molecule is COc1ccc(OC)c(CNC(=O)Nc2cccc(Cl)c2Cl)c1. The van der Waals surface area contributed by atoms with Gasteiger partial charge in [-0.2, -0.15) is 0 Å². The summed E-state index contributed by atoms with van der Waals surface area (Å²) in [5, 5.41) is 6.05. The van der Waals surface area contributed by atoms with Crippen LogP contribution >= 0.6 is 23.2 Å². The van der Waals surface area contributed by atoms with E-state index >= 15 is 0 Å². The van der Waals surface area contributed by atoms with Gasteiger partial charge < -0.3 is 20.1 Å². The number of hydrogen-bond acceptors (Lipinski definition) is 3. The maximum atomic E-state index is 12.0. The van der Waals surface area contributed by atoms with Gasteiger partial charge >= 0.3 is 6.03 Å². The summed E-state index contributed by atoms with van der Waals surface area (Å²) in [4.78, 5) is 12.0. The zero-order valence-electron chi connectivity index (χ0n) is 12.7. The Morgan fingerprint density at radius 3 is 2.61 bits per heavy atom. The number of carbonyl (C=O) groups excluding carboxylic acids is 1. The van der Waals surface area contributed by atoms with E-state index in [9.17, 15) is 4.79 Å². The molecule has 7 heteroatoms. The van der Waals surface area contributed by atoms with Crippen LogP contribution < -0.4 is 20.1 Å². The molecule has 0 heterocycles. The number of urea groups is 1. The van der Waals surface area contributed by atoms with Crippen LogP contribution in [0.15, 0.2) is 36.4 Å². The maximum absolute atomic E-state index is 12.0. The fourth-order valence-corrected chi connectivity index (χ4v) is 2.31. The van der Waals surface area contributed by atoms with Crippen molar-refractivity contribution >= 4 is 34.9 Å². The number of carbonyl (C=O) groups is 1. The van der Waals surface area contributed by atoms with E-state index in [-0.39, 0.29) is 6.54 Å². The predicted octanol–water partition coefficient (Wildman–Crippen LogP) is 4.33. The van der Waals surface area contributed by atoms with E-state index in [1.807, 2.05) is 0 Å². The van der Waals surface area contributed by atoms with Crippen LogP contribution in [0.5, 0.6) is 11.5 Å². The number of amides is 2. The minimum Gasteiger partial charge on any atom is -0.497 e. The van der Waals surface area contributed by atoms with Crippen LogP contribution in [-0.4, -0.2) is 20.3 Å². The first-order chi connectivity index (χ1) is 11.0. The molecule has 0 atom stereocenters. The Morgan fingerprint density at radius 2 is 1.91 bits per heavy atom. The standard InChI is InChI=1S/C16H16Cl2N2O3/c1-22-11-6-7-14(23-2)10(8-11)9-19-16(21)20-13-5-3-4-12(17)15(13)18/h3-8H,9H2,1-2H3,(H2,19,20,21). The van der Waals surface area contributed by atoms with Gasteiger partial charge in [-0.1, -0.05) is 29.3 Å². The van der Waals surface area contributed by atoms with E-state index in [4.69, 9.17) is 32.7 Å². The summed E-state index contributed by atoms with van der Waals surface area (Å²) >= 11 is 11.9. The lowest BCUT2D eigenvalue weighted by molar-refractivity contribution is 0.251. The molecule has 0 aliphatic rings. The molecular weight excluding hydrogens is 339 g/mol. The molecule has 0 saturated heterocycles. The molecule has 0 bridgehead atoms. The second kappa shape index (κ2) is 7.94. The number of benzene rings is 2. The first kappa shape index (κ1) is 17.2. The molecule has 0 aliphatic carbocycles. The summed E-state index contributed by atoms with van der Waals surface area (Å²) in [6.07, 6.45) is 0. The van der Waals surface area contributed by atoms with Crippen molar-refractivity contribution in [3.63, 3.8) is 0 Å². The van der Waals surface area contributed by atoms with Crippen molar-refractivity contribution in [3.05, 3.63) is 52.0 Å². The molecule has 2 N–H and O–H groups in total. The Labute approximate surface area is 144 Å². The maximum Gasteiger partial charge on any atom is 0.319 e. The predicted molar refractivity (Wildman–Crippen MR) is 91.9 cm³/mol. The van der Waals surface area contributed by atoms with Crippen LogP contribution in [0.1, 0.15) is 5.56 Å². The molecule has 2 rings (SSSR count). The van der Waals surface area contributed by atoms with Gasteiger partial charge in [0.2, 0.25) is 0 Å². The number of nitrogens with one attached hydrogen (secondary N) is 2. The first-order valence-corrected chi connectivity index (χ1v) is 7.50. The highest BCUT2D eigenvalue weighted by molar-refractivity contribution is 6.43. The topological polar surface area (TPSA) is 59.6 Å². The summed E-state index contributed by atoms with van der Waals surface area (Å²) in [5.41, 5.74) is 1.23. The van der Waals surface area contributed by atoms with Gasteiger partial charge in [0, 0.05) is 12.1 Å². The number of anilines is 1. The van der Waals surface area contributed by atoms with Gasteiger partial charge in [-0.15, -0.1) is 0 Å². The Hall–Kier alpha value is -2.11. The minimum absolute atomic E-state index is 0.268. The summed E-state index contributed by atoms with van der Waals surface area (Å²) in [5.74, 6) is 1.34. The molecule has 0 saturated carbocycles. The monoisotopic (exact) mass is 354 g/mol. The van der Waals surface area contributed by atoms with Crippen molar-refractivity contribution in [1.29, 1.82) is 0 Å². The van der Waals surface area contributed by atoms with Crippen molar-refractivity contribution in [2.45, 2.75) is 6.54 Å². The smallest absolute Gasteiger partial charge is 0.319 e. The number of methoxy groups -OCH3 is 2. The van der Waals surface area contributed by atoms with E-state index in [0.29, 0.717) is 27.2 Å². The summed E-state index contributed by atoms with van der Waals surface area (Å²) in [7, 11) is 3.14. The van der Waals surface area contributed by atoms with Crippen molar-refractivity contribution in [1.82, 2.24) is 5.32 Å². The molecule has 2 aromatic rings. The van der Waals surface area contributed by atoms with Gasteiger partial charge in [0.1, 0.15) is 11.5 Å². The highest BCUT2D eigenvalue weighted by atomic mass is 35.5. The fraction of sp³-hybridized carbons (Fsp3) is 0.188. The molecule has 0 unspecified atom stereocenters. The third kappa shape index (κ3) is 4.43. The summed E-state index contributed by atoms with van der Waals surface area (Å²) in [6.45, 7) is 0.268. The largest absolute Gasteiger partial charge is 0.497 e. The lowest BCUT2D eigenvalue weighted by Gasteiger charge is -2.13. The van der Waals surface area contributed by atoms with Crippen molar-refractivity contribution in [2.75, 3.05) is 19.5 Å². The molecule has 0 aliphatic heterocycles. The average Bonchev–Trinajstić information content (AvgIpc) is 2.56. The second-order valence-corrected chi connectivity index (χ2v) is 5.37. The van der Waals surface area contributed by atoms with Crippen molar-refractivity contribution in [2.24, 2.45) is 0 Å². The van der Waals surface area contributed by atoms with E-state index < -0.39 is 6.03 Å². The molecule has 2 amide bonds. The molecule has 0 spiro atoms. The Balaban J connectivity index is 2.03. The number of rotatable bonds is 5. The van der Waals surface area contributed by atoms with Crippen molar-refractivity contribution in [3.8, 4) is 11.5 Å². The van der Waals surface area contributed by atoms with Crippen LogP contribution in [0, 0.1) is 0 Å². The third-order valence-corrected chi connectivity index (χ3v) is 3.95. The quantitative estimate of drug-likeness (QED) is 0.839. The molecule has 23 heavy (non-hydrogen) atoms. The molecule has 0 aromatic heterocycles. The lowest BCUT2D eigenvalue weighted by Crippen LogP contribution is -2.28. The minimum atomic E-state index is -0.404. The van der Waals surface area contributed by atoms with Gasteiger partial charge in [-0.3, -0.25) is 0 Å². The zero-order chi connectivity index (χ0) is 16.8. The van der Waals surface area contributed by atoms with E-state index in [2.05, 4.69) is 10.6 Å². The third-order valence-electron chi connectivity index (χ3n) is 3.13. The average molecular weight is 355 g/mol. The van der Waals surface area contributed by atoms with Gasteiger partial charge in [-0.25, -0.2) is 4.79 Å². The highest BCUT2D eigenvalue weighted by Crippen LogP contribution is 2.29. The molecule has 122 valence electrons. The van der Waals surface area contributed by atoms with Crippen LogP contribution in [0.2, 0.25) is 10.0 Å². The molecule has 2 aromatic carbocycles. The molecular formula is C16H16Cl2N2O3.